The highest BCUT2D eigenvalue weighted by Gasteiger charge is 2.56. The van der Waals surface area contributed by atoms with Gasteiger partial charge < -0.3 is 9.47 Å². The first-order valence-corrected chi connectivity index (χ1v) is 7.10. The molecule has 1 aromatic carbocycles. The maximum Gasteiger partial charge on any atom is 0.142 e. The van der Waals surface area contributed by atoms with E-state index in [9.17, 15) is 0 Å². The van der Waals surface area contributed by atoms with Gasteiger partial charge in [-0.1, -0.05) is 48.9 Å². The van der Waals surface area contributed by atoms with E-state index in [2.05, 4.69) is 25.6 Å². The number of alkyl halides is 1. The van der Waals surface area contributed by atoms with Crippen molar-refractivity contribution in [2.24, 2.45) is 5.41 Å². The van der Waals surface area contributed by atoms with Crippen molar-refractivity contribution in [1.82, 2.24) is 0 Å². The molecule has 1 heterocycles. The summed E-state index contributed by atoms with van der Waals surface area (Å²) >= 11 is 6.30. The predicted octanol–water partition coefficient (Wildman–Crippen LogP) is 4.09. The van der Waals surface area contributed by atoms with E-state index >= 15 is 0 Å². The van der Waals surface area contributed by atoms with Crippen molar-refractivity contribution in [2.45, 2.75) is 31.4 Å². The van der Waals surface area contributed by atoms with E-state index < -0.39 is 0 Å². The largest absolute Gasteiger partial charge is 0.384 e. The monoisotopic (exact) mass is 280 g/mol. The van der Waals surface area contributed by atoms with E-state index in [0.717, 1.165) is 12.8 Å². The summed E-state index contributed by atoms with van der Waals surface area (Å²) in [5.41, 5.74) is 2.05. The highest BCUT2D eigenvalue weighted by Crippen LogP contribution is 2.56. The van der Waals surface area contributed by atoms with E-state index in [-0.39, 0.29) is 17.1 Å². The lowest BCUT2D eigenvalue weighted by atomic mass is 9.72. The van der Waals surface area contributed by atoms with Gasteiger partial charge in [0, 0.05) is 7.11 Å². The highest BCUT2D eigenvalue weighted by molar-refractivity contribution is 6.20. The second-order valence-electron chi connectivity index (χ2n) is 5.04. The molecule has 1 aliphatic heterocycles. The van der Waals surface area contributed by atoms with Crippen molar-refractivity contribution in [3.8, 4) is 0 Å². The maximum absolute atomic E-state index is 6.30. The summed E-state index contributed by atoms with van der Waals surface area (Å²) in [6.45, 7) is 6.57. The Labute approximate surface area is 120 Å². The van der Waals surface area contributed by atoms with Gasteiger partial charge in [-0.25, -0.2) is 0 Å². The van der Waals surface area contributed by atoms with Gasteiger partial charge in [0.25, 0.3) is 0 Å². The number of halogens is 1. The Balaban J connectivity index is 2.33. The summed E-state index contributed by atoms with van der Waals surface area (Å²) in [5, 5.41) is 0. The molecule has 2 nitrogen and oxygen atoms in total. The van der Waals surface area contributed by atoms with Gasteiger partial charge in [-0.05, 0) is 24.0 Å². The number of allylic oxidation sites excluding steroid dienone is 1. The molecule has 0 aliphatic carbocycles. The molecule has 0 amide bonds. The standard InChI is InChI=1S/C16H21ClO2/c1-4-8-12-9-6-7-10-13(12)14-16(5-2,11-18-3)15(17)19-14/h4,6-7,9-10,14-15H,1,5,8,11H2,2-3H3. The third-order valence-electron chi connectivity index (χ3n) is 4.00. The molecule has 0 aromatic heterocycles. The van der Waals surface area contributed by atoms with E-state index in [1.165, 1.54) is 11.1 Å². The number of hydrogen-bond donors (Lipinski definition) is 0. The summed E-state index contributed by atoms with van der Waals surface area (Å²) in [4.78, 5) is 0. The Hall–Kier alpha value is -0.830. The van der Waals surface area contributed by atoms with Gasteiger partial charge in [0.05, 0.1) is 18.1 Å². The quantitative estimate of drug-likeness (QED) is 0.577. The Morgan fingerprint density at radius 1 is 1.47 bits per heavy atom. The Morgan fingerprint density at radius 2 is 2.21 bits per heavy atom. The second kappa shape index (κ2) is 6.08. The first-order valence-electron chi connectivity index (χ1n) is 6.66. The molecule has 1 saturated heterocycles. The fraction of sp³-hybridized carbons (Fsp3) is 0.500. The minimum Gasteiger partial charge on any atom is -0.384 e. The van der Waals surface area contributed by atoms with E-state index in [0.29, 0.717) is 6.61 Å². The average Bonchev–Trinajstić information content (AvgIpc) is 2.43. The molecule has 3 heteroatoms. The molecule has 104 valence electrons. The zero-order chi connectivity index (χ0) is 13.9. The van der Waals surface area contributed by atoms with Crippen LogP contribution in [0.1, 0.15) is 30.6 Å². The van der Waals surface area contributed by atoms with Crippen LogP contribution in [-0.4, -0.2) is 19.3 Å². The van der Waals surface area contributed by atoms with Crippen molar-refractivity contribution < 1.29 is 9.47 Å². The lowest BCUT2D eigenvalue weighted by Gasteiger charge is -2.53. The fourth-order valence-corrected chi connectivity index (χ4v) is 3.24. The van der Waals surface area contributed by atoms with Crippen LogP contribution in [0.2, 0.25) is 0 Å². The molecular formula is C16H21ClO2. The summed E-state index contributed by atoms with van der Waals surface area (Å²) in [6.07, 6.45) is 3.70. The van der Waals surface area contributed by atoms with Gasteiger partial charge in [-0.15, -0.1) is 6.58 Å². The number of methoxy groups -OCH3 is 1. The third kappa shape index (κ3) is 2.45. The SMILES string of the molecule is C=CCc1ccccc1C1OC(Cl)C1(CC)COC. The van der Waals surface area contributed by atoms with Crippen LogP contribution < -0.4 is 0 Å². The molecular weight excluding hydrogens is 260 g/mol. The lowest BCUT2D eigenvalue weighted by molar-refractivity contribution is -0.238. The van der Waals surface area contributed by atoms with Crippen LogP contribution in [0, 0.1) is 5.41 Å². The molecule has 3 atom stereocenters. The van der Waals surface area contributed by atoms with Gasteiger partial charge in [0.2, 0.25) is 0 Å². The van der Waals surface area contributed by atoms with E-state index in [4.69, 9.17) is 21.1 Å². The Kier molecular flexibility index (Phi) is 4.67. The van der Waals surface area contributed by atoms with Gasteiger partial charge in [0.1, 0.15) is 5.56 Å². The molecule has 0 N–H and O–H groups in total. The summed E-state index contributed by atoms with van der Waals surface area (Å²) in [6, 6.07) is 8.32. The minimum absolute atomic E-state index is 0.0103. The fourth-order valence-electron chi connectivity index (χ4n) is 2.81. The van der Waals surface area contributed by atoms with Crippen LogP contribution in [0.15, 0.2) is 36.9 Å². The Morgan fingerprint density at radius 3 is 2.79 bits per heavy atom. The number of hydrogen-bond acceptors (Lipinski definition) is 2. The molecule has 0 bridgehead atoms. The zero-order valence-electron chi connectivity index (χ0n) is 11.6. The smallest absolute Gasteiger partial charge is 0.142 e. The Bertz CT molecular complexity index is 446. The number of ether oxygens (including phenoxy) is 2. The summed E-state index contributed by atoms with van der Waals surface area (Å²) in [5.74, 6) is 0. The van der Waals surface area contributed by atoms with Crippen LogP contribution in [0.4, 0.5) is 0 Å². The van der Waals surface area contributed by atoms with Crippen LogP contribution in [0.25, 0.3) is 0 Å². The van der Waals surface area contributed by atoms with Crippen molar-refractivity contribution in [1.29, 1.82) is 0 Å². The minimum atomic E-state index is -0.278. The predicted molar refractivity (Wildman–Crippen MR) is 78.4 cm³/mol. The molecule has 0 radical (unpaired) electrons. The molecule has 0 saturated carbocycles. The van der Waals surface area contributed by atoms with Crippen LogP contribution in [-0.2, 0) is 15.9 Å². The average molecular weight is 281 g/mol. The first kappa shape index (κ1) is 14.6. The van der Waals surface area contributed by atoms with Crippen LogP contribution in [0.3, 0.4) is 0 Å². The number of rotatable bonds is 6. The molecule has 1 fully saturated rings. The lowest BCUT2D eigenvalue weighted by Crippen LogP contribution is -2.54. The zero-order valence-corrected chi connectivity index (χ0v) is 12.3. The maximum atomic E-state index is 6.30. The number of benzene rings is 1. The van der Waals surface area contributed by atoms with E-state index in [1.807, 2.05) is 18.2 Å². The molecule has 19 heavy (non-hydrogen) atoms. The molecule has 3 unspecified atom stereocenters. The van der Waals surface area contributed by atoms with Gasteiger partial charge in [0.15, 0.2) is 0 Å². The van der Waals surface area contributed by atoms with Gasteiger partial charge in [-0.2, -0.15) is 0 Å². The van der Waals surface area contributed by atoms with Gasteiger partial charge in [-0.3, -0.25) is 0 Å². The van der Waals surface area contributed by atoms with Crippen molar-refractivity contribution in [3.63, 3.8) is 0 Å². The first-order chi connectivity index (χ1) is 9.19. The van der Waals surface area contributed by atoms with Crippen molar-refractivity contribution >= 4 is 11.6 Å². The van der Waals surface area contributed by atoms with Crippen molar-refractivity contribution in [3.05, 3.63) is 48.0 Å². The van der Waals surface area contributed by atoms with Crippen LogP contribution in [0.5, 0.6) is 0 Å². The highest BCUT2D eigenvalue weighted by atomic mass is 35.5. The molecule has 1 aliphatic rings. The molecule has 2 rings (SSSR count). The van der Waals surface area contributed by atoms with Gasteiger partial charge >= 0.3 is 0 Å². The third-order valence-corrected chi connectivity index (χ3v) is 4.54. The second-order valence-corrected chi connectivity index (χ2v) is 5.44. The van der Waals surface area contributed by atoms with Crippen molar-refractivity contribution in [2.75, 3.05) is 13.7 Å². The summed E-state index contributed by atoms with van der Waals surface area (Å²) in [7, 11) is 1.71. The summed E-state index contributed by atoms with van der Waals surface area (Å²) < 4.78 is 11.2. The molecule has 0 spiro atoms. The van der Waals surface area contributed by atoms with E-state index in [1.54, 1.807) is 7.11 Å². The van der Waals surface area contributed by atoms with Crippen LogP contribution >= 0.6 is 11.6 Å². The molecule has 1 aromatic rings. The topological polar surface area (TPSA) is 18.5 Å². The normalized spacial score (nSPS) is 29.8.